The first-order chi connectivity index (χ1) is 16.1. The minimum Gasteiger partial charge on any atom is -0.357 e. The number of likely N-dealkylation sites (N-methyl/N-ethyl adjacent to an activating group) is 1. The number of allylic oxidation sites excluding steroid dienone is 1. The third-order valence-corrected chi connectivity index (χ3v) is 7.94. The van der Waals surface area contributed by atoms with Gasteiger partial charge in [0, 0.05) is 11.8 Å². The van der Waals surface area contributed by atoms with Crippen molar-refractivity contribution in [3.8, 4) is 0 Å². The maximum absolute atomic E-state index is 13.4. The zero-order valence-corrected chi connectivity index (χ0v) is 23.2. The first-order valence-electron chi connectivity index (χ1n) is 12.8. The van der Waals surface area contributed by atoms with E-state index in [-0.39, 0.29) is 24.2 Å². The van der Waals surface area contributed by atoms with E-state index in [4.69, 9.17) is 0 Å². The zero-order valence-electron chi connectivity index (χ0n) is 22.4. The molecule has 0 aromatic heterocycles. The van der Waals surface area contributed by atoms with Gasteiger partial charge in [0.25, 0.3) is 0 Å². The van der Waals surface area contributed by atoms with E-state index in [1.54, 1.807) is 30.4 Å². The molecule has 34 heavy (non-hydrogen) atoms. The fourth-order valence-electron chi connectivity index (χ4n) is 4.40. The number of thioether (sulfide) groups is 1. The van der Waals surface area contributed by atoms with E-state index >= 15 is 0 Å². The van der Waals surface area contributed by atoms with Crippen molar-refractivity contribution in [1.29, 1.82) is 0 Å². The third kappa shape index (κ3) is 10.8. The quantitative estimate of drug-likeness (QED) is 0.167. The molecule has 0 aromatic rings. The average molecular weight is 500 g/mol. The Kier molecular flexibility index (Phi) is 16.2. The number of amides is 3. The van der Waals surface area contributed by atoms with Crippen LogP contribution in [0.1, 0.15) is 86.5 Å². The number of nitrogens with one attached hydrogen (secondary N) is 3. The van der Waals surface area contributed by atoms with Crippen molar-refractivity contribution < 1.29 is 19.6 Å². The van der Waals surface area contributed by atoms with Crippen molar-refractivity contribution in [2.45, 2.75) is 97.3 Å². The number of hydroxylamine groups is 1. The van der Waals surface area contributed by atoms with Gasteiger partial charge in [-0.25, -0.2) is 5.48 Å². The topological polar surface area (TPSA) is 108 Å². The minimum atomic E-state index is -0.761. The van der Waals surface area contributed by atoms with Crippen molar-refractivity contribution in [3.63, 3.8) is 0 Å². The summed E-state index contributed by atoms with van der Waals surface area (Å²) < 4.78 is -0.525. The maximum Gasteiger partial charge on any atom is 0.247 e. The number of hydrogen-bond acceptors (Lipinski definition) is 5. The number of hydrogen-bond donors (Lipinski definition) is 4. The van der Waals surface area contributed by atoms with Crippen LogP contribution in [0.25, 0.3) is 0 Å². The third-order valence-electron chi connectivity index (χ3n) is 6.32. The molecule has 4 N–H and O–H groups in total. The van der Waals surface area contributed by atoms with Gasteiger partial charge in [0.15, 0.2) is 0 Å². The maximum atomic E-state index is 13.4. The summed E-state index contributed by atoms with van der Waals surface area (Å²) in [6.07, 6.45) is 8.53. The lowest BCUT2D eigenvalue weighted by Gasteiger charge is -2.36. The summed E-state index contributed by atoms with van der Waals surface area (Å²) in [5.41, 5.74) is 1.68. The van der Waals surface area contributed by atoms with E-state index in [0.717, 1.165) is 5.75 Å². The van der Waals surface area contributed by atoms with Gasteiger partial charge in [-0.15, -0.1) is 6.58 Å². The monoisotopic (exact) mass is 499 g/mol. The smallest absolute Gasteiger partial charge is 0.247 e. The normalized spacial score (nSPS) is 17.0. The van der Waals surface area contributed by atoms with Crippen molar-refractivity contribution in [2.75, 3.05) is 12.8 Å². The molecule has 0 spiro atoms. The number of rotatable bonds is 13. The van der Waals surface area contributed by atoms with E-state index in [2.05, 4.69) is 17.2 Å². The Morgan fingerprint density at radius 2 is 1.65 bits per heavy atom. The molecule has 7 nitrogen and oxygen atoms in total. The fourth-order valence-corrected chi connectivity index (χ4v) is 5.73. The molecule has 1 fully saturated rings. The van der Waals surface area contributed by atoms with Gasteiger partial charge in [0.05, 0.1) is 11.8 Å². The molecule has 1 aliphatic carbocycles. The average Bonchev–Trinajstić information content (AvgIpc) is 2.84. The van der Waals surface area contributed by atoms with Crippen LogP contribution < -0.4 is 16.1 Å². The predicted octanol–water partition coefficient (Wildman–Crippen LogP) is 4.70. The summed E-state index contributed by atoms with van der Waals surface area (Å²) >= 11 is 1.72. The summed E-state index contributed by atoms with van der Waals surface area (Å²) in [6.45, 7) is 15.6. The highest BCUT2D eigenvalue weighted by Gasteiger charge is 2.40. The van der Waals surface area contributed by atoms with Crippen LogP contribution in [-0.4, -0.2) is 46.5 Å². The van der Waals surface area contributed by atoms with E-state index in [9.17, 15) is 19.6 Å². The van der Waals surface area contributed by atoms with E-state index in [1.165, 1.54) is 32.1 Å². The molecular weight excluding hydrogens is 450 g/mol. The Morgan fingerprint density at radius 1 is 1.06 bits per heavy atom. The second kappa shape index (κ2) is 17.0. The molecule has 1 rings (SSSR count). The van der Waals surface area contributed by atoms with Gasteiger partial charge in [0.1, 0.15) is 6.04 Å². The molecule has 1 unspecified atom stereocenters. The molecule has 0 radical (unpaired) electrons. The summed E-state index contributed by atoms with van der Waals surface area (Å²) in [4.78, 5) is 38.5. The molecule has 0 aromatic carbocycles. The van der Waals surface area contributed by atoms with Crippen LogP contribution in [0.5, 0.6) is 0 Å². The Hall–Kier alpha value is -1.54. The second-order valence-corrected chi connectivity index (χ2v) is 11.5. The lowest BCUT2D eigenvalue weighted by molar-refractivity contribution is -0.141. The molecule has 0 heterocycles. The van der Waals surface area contributed by atoms with Crippen LogP contribution in [0.4, 0.5) is 0 Å². The van der Waals surface area contributed by atoms with Gasteiger partial charge in [0.2, 0.25) is 17.7 Å². The van der Waals surface area contributed by atoms with Gasteiger partial charge < -0.3 is 10.6 Å². The van der Waals surface area contributed by atoms with Crippen LogP contribution in [0.2, 0.25) is 0 Å². The van der Waals surface area contributed by atoms with Crippen LogP contribution in [0.3, 0.4) is 0 Å². The SMILES string of the molecule is C=CC[C@H](C(=O)NO)[C@@H](CC(C)C)C(=O)NC(C(=O)NC)C(C)(C)SCC1CCCCC1.CC. The van der Waals surface area contributed by atoms with E-state index in [1.807, 2.05) is 41.5 Å². The molecule has 3 atom stereocenters. The van der Waals surface area contributed by atoms with Crippen LogP contribution in [-0.2, 0) is 14.4 Å². The van der Waals surface area contributed by atoms with Gasteiger partial charge in [-0.05, 0) is 57.1 Å². The standard InChI is InChI=1S/C24H43N3O4S.C2H6/c1-7-11-18(22(29)27-31)19(14-16(2)3)21(28)26-20(23(30)25-6)24(4,5)32-15-17-12-9-8-10-13-17;1-2/h7,16-20,31H,1,8-15H2,2-6H3,(H,25,30)(H,26,28)(H,27,29);1-2H3/t18-,19+,20?;/m0./s1. The fraction of sp³-hybridized carbons (Fsp3) is 0.808. The van der Waals surface area contributed by atoms with Crippen molar-refractivity contribution in [2.24, 2.45) is 23.7 Å². The largest absolute Gasteiger partial charge is 0.357 e. The first kappa shape index (κ1) is 32.5. The molecule has 198 valence electrons. The van der Waals surface area contributed by atoms with Crippen LogP contribution >= 0.6 is 11.8 Å². The summed E-state index contributed by atoms with van der Waals surface area (Å²) in [6, 6.07) is -0.746. The summed E-state index contributed by atoms with van der Waals surface area (Å²) in [5.74, 6) is -0.922. The predicted molar refractivity (Wildman–Crippen MR) is 142 cm³/mol. The molecule has 1 aliphatic rings. The molecule has 0 aliphatic heterocycles. The Morgan fingerprint density at radius 3 is 2.12 bits per heavy atom. The molecular formula is C26H49N3O4S. The summed E-state index contributed by atoms with van der Waals surface area (Å²) in [7, 11) is 1.56. The number of carbonyl (C=O) groups is 3. The molecule has 0 saturated heterocycles. The lowest BCUT2D eigenvalue weighted by Crippen LogP contribution is -2.58. The molecule has 1 saturated carbocycles. The van der Waals surface area contributed by atoms with Gasteiger partial charge in [-0.3, -0.25) is 19.6 Å². The van der Waals surface area contributed by atoms with Crippen molar-refractivity contribution in [3.05, 3.63) is 12.7 Å². The number of carbonyl (C=O) groups excluding carboxylic acids is 3. The minimum absolute atomic E-state index is 0.150. The van der Waals surface area contributed by atoms with Gasteiger partial charge in [-0.1, -0.05) is 53.0 Å². The van der Waals surface area contributed by atoms with Crippen LogP contribution in [0.15, 0.2) is 12.7 Å². The van der Waals surface area contributed by atoms with Crippen molar-refractivity contribution >= 4 is 29.5 Å². The molecule has 0 bridgehead atoms. The first-order valence-corrected chi connectivity index (χ1v) is 13.8. The van der Waals surface area contributed by atoms with Gasteiger partial charge in [-0.2, -0.15) is 11.8 Å². The lowest BCUT2D eigenvalue weighted by atomic mass is 9.81. The van der Waals surface area contributed by atoms with Gasteiger partial charge >= 0.3 is 0 Å². The summed E-state index contributed by atoms with van der Waals surface area (Å²) in [5, 5.41) is 14.8. The van der Waals surface area contributed by atoms with E-state index in [0.29, 0.717) is 12.3 Å². The van der Waals surface area contributed by atoms with Crippen molar-refractivity contribution in [1.82, 2.24) is 16.1 Å². The highest BCUT2D eigenvalue weighted by Crippen LogP contribution is 2.35. The second-order valence-electron chi connectivity index (χ2n) is 9.82. The Bertz CT molecular complexity index is 634. The molecule has 3 amide bonds. The Labute approximate surface area is 211 Å². The highest BCUT2D eigenvalue weighted by atomic mass is 32.2. The van der Waals surface area contributed by atoms with E-state index < -0.39 is 28.5 Å². The molecule has 8 heteroatoms. The highest BCUT2D eigenvalue weighted by molar-refractivity contribution is 8.00. The Balaban J connectivity index is 0.00000529. The van der Waals surface area contributed by atoms with Crippen LogP contribution in [0, 0.1) is 23.7 Å². The zero-order chi connectivity index (χ0) is 26.3.